The second kappa shape index (κ2) is 9.34. The zero-order valence-electron chi connectivity index (χ0n) is 16.0. The van der Waals surface area contributed by atoms with Crippen LogP contribution in [0, 0.1) is 5.82 Å². The lowest BCUT2D eigenvalue weighted by atomic mass is 9.85. The molecule has 140 valence electrons. The molecule has 5 heteroatoms. The van der Waals surface area contributed by atoms with Crippen LogP contribution in [0.15, 0.2) is 53.5 Å². The fraction of sp³-hybridized carbons (Fsp3) is 0.381. The summed E-state index contributed by atoms with van der Waals surface area (Å²) in [5, 5.41) is 6.64. The van der Waals surface area contributed by atoms with Gasteiger partial charge in [0.15, 0.2) is 5.96 Å². The average Bonchev–Trinajstić information content (AvgIpc) is 2.65. The van der Waals surface area contributed by atoms with Crippen LogP contribution < -0.4 is 10.6 Å². The van der Waals surface area contributed by atoms with E-state index >= 15 is 0 Å². The minimum atomic E-state index is -0.247. The van der Waals surface area contributed by atoms with E-state index in [1.54, 1.807) is 20.2 Å². The van der Waals surface area contributed by atoms with E-state index in [1.807, 2.05) is 12.1 Å². The molecule has 0 heterocycles. The molecule has 2 rings (SSSR count). The van der Waals surface area contributed by atoms with Gasteiger partial charge in [0, 0.05) is 38.2 Å². The predicted octanol–water partition coefficient (Wildman–Crippen LogP) is 3.61. The third-order valence-electron chi connectivity index (χ3n) is 4.35. The first-order valence-corrected chi connectivity index (χ1v) is 8.72. The molecule has 0 amide bonds. The number of guanidine groups is 1. The van der Waals surface area contributed by atoms with Gasteiger partial charge in [-0.25, -0.2) is 4.39 Å². The first kappa shape index (κ1) is 19.9. The van der Waals surface area contributed by atoms with Gasteiger partial charge in [0.05, 0.1) is 6.61 Å². The molecule has 2 aromatic rings. The van der Waals surface area contributed by atoms with E-state index in [2.05, 4.69) is 53.7 Å². The number of ether oxygens (including phenoxy) is 1. The van der Waals surface area contributed by atoms with Gasteiger partial charge in [-0.05, 0) is 23.3 Å². The maximum atomic E-state index is 13.7. The molecule has 0 unspecified atom stereocenters. The standard InChI is InChI=1S/C21H28FN3O/c1-21(2,18-8-6-5-7-9-18)15-25-20(23-3)24-13-16-10-11-19(22)17(12-16)14-26-4/h5-12H,13-15H2,1-4H3,(H2,23,24,25). The third kappa shape index (κ3) is 5.56. The highest BCUT2D eigenvalue weighted by Gasteiger charge is 2.20. The third-order valence-corrected chi connectivity index (χ3v) is 4.35. The van der Waals surface area contributed by atoms with Crippen LogP contribution in [0.4, 0.5) is 4.39 Å². The summed E-state index contributed by atoms with van der Waals surface area (Å²) in [5.74, 6) is 0.467. The lowest BCUT2D eigenvalue weighted by molar-refractivity contribution is 0.181. The van der Waals surface area contributed by atoms with E-state index in [0.29, 0.717) is 18.1 Å². The Balaban J connectivity index is 1.93. The fourth-order valence-corrected chi connectivity index (χ4v) is 2.71. The van der Waals surface area contributed by atoms with Crippen LogP contribution in [0.3, 0.4) is 0 Å². The quantitative estimate of drug-likeness (QED) is 0.588. The molecular weight excluding hydrogens is 329 g/mol. The number of aliphatic imine (C=N–C) groups is 1. The molecule has 0 saturated heterocycles. The van der Waals surface area contributed by atoms with Gasteiger partial charge in [0.2, 0.25) is 0 Å². The van der Waals surface area contributed by atoms with Crippen molar-refractivity contribution in [2.75, 3.05) is 20.7 Å². The van der Waals surface area contributed by atoms with Crippen LogP contribution in [0.1, 0.15) is 30.5 Å². The van der Waals surface area contributed by atoms with E-state index in [-0.39, 0.29) is 17.8 Å². The summed E-state index contributed by atoms with van der Waals surface area (Å²) in [6.07, 6.45) is 0. The summed E-state index contributed by atoms with van der Waals surface area (Å²) in [5.41, 5.74) is 2.77. The SMILES string of the molecule is CN=C(NCc1ccc(F)c(COC)c1)NCC(C)(C)c1ccccc1. The van der Waals surface area contributed by atoms with Gasteiger partial charge >= 0.3 is 0 Å². The lowest BCUT2D eigenvalue weighted by Crippen LogP contribution is -2.43. The number of nitrogens with zero attached hydrogens (tertiary/aromatic N) is 1. The monoisotopic (exact) mass is 357 g/mol. The number of hydrogen-bond acceptors (Lipinski definition) is 2. The number of rotatable bonds is 7. The maximum Gasteiger partial charge on any atom is 0.191 e. The Morgan fingerprint density at radius 1 is 1.12 bits per heavy atom. The largest absolute Gasteiger partial charge is 0.380 e. The van der Waals surface area contributed by atoms with Gasteiger partial charge < -0.3 is 15.4 Å². The van der Waals surface area contributed by atoms with Gasteiger partial charge in [0.25, 0.3) is 0 Å². The van der Waals surface area contributed by atoms with Crippen LogP contribution in [-0.2, 0) is 23.3 Å². The summed E-state index contributed by atoms with van der Waals surface area (Å²) < 4.78 is 18.7. The molecule has 0 bridgehead atoms. The van der Waals surface area contributed by atoms with Gasteiger partial charge in [-0.2, -0.15) is 0 Å². The smallest absolute Gasteiger partial charge is 0.191 e. The number of halogens is 1. The minimum absolute atomic E-state index is 0.0274. The summed E-state index contributed by atoms with van der Waals surface area (Å²) in [6.45, 7) is 5.95. The molecule has 0 saturated carbocycles. The molecule has 26 heavy (non-hydrogen) atoms. The highest BCUT2D eigenvalue weighted by Crippen LogP contribution is 2.21. The van der Waals surface area contributed by atoms with Crippen LogP contribution in [0.25, 0.3) is 0 Å². The summed E-state index contributed by atoms with van der Waals surface area (Å²) >= 11 is 0. The van der Waals surface area contributed by atoms with Crippen molar-refractivity contribution in [3.8, 4) is 0 Å². The van der Waals surface area contributed by atoms with Crippen molar-refractivity contribution < 1.29 is 9.13 Å². The normalized spacial score (nSPS) is 12.1. The number of methoxy groups -OCH3 is 1. The minimum Gasteiger partial charge on any atom is -0.380 e. The molecule has 0 spiro atoms. The average molecular weight is 357 g/mol. The fourth-order valence-electron chi connectivity index (χ4n) is 2.71. The van der Waals surface area contributed by atoms with E-state index in [1.165, 1.54) is 11.6 Å². The van der Waals surface area contributed by atoms with Crippen LogP contribution >= 0.6 is 0 Å². The van der Waals surface area contributed by atoms with Crippen molar-refractivity contribution in [3.05, 3.63) is 71.0 Å². The molecule has 0 aliphatic heterocycles. The molecule has 0 aliphatic rings. The molecule has 0 atom stereocenters. The predicted molar refractivity (Wildman–Crippen MR) is 105 cm³/mol. The number of benzene rings is 2. The van der Waals surface area contributed by atoms with Crippen molar-refractivity contribution >= 4 is 5.96 Å². The van der Waals surface area contributed by atoms with Gasteiger partial charge in [-0.3, -0.25) is 4.99 Å². The second-order valence-corrected chi connectivity index (χ2v) is 6.89. The second-order valence-electron chi connectivity index (χ2n) is 6.89. The van der Waals surface area contributed by atoms with Crippen LogP contribution in [0.5, 0.6) is 0 Å². The zero-order chi connectivity index (χ0) is 19.0. The number of nitrogens with one attached hydrogen (secondary N) is 2. The zero-order valence-corrected chi connectivity index (χ0v) is 16.0. The first-order valence-electron chi connectivity index (χ1n) is 8.72. The van der Waals surface area contributed by atoms with Crippen molar-refractivity contribution in [1.29, 1.82) is 0 Å². The van der Waals surface area contributed by atoms with Gasteiger partial charge in [0.1, 0.15) is 5.82 Å². The molecule has 2 N–H and O–H groups in total. The van der Waals surface area contributed by atoms with Crippen molar-refractivity contribution in [2.24, 2.45) is 4.99 Å². The first-order chi connectivity index (χ1) is 12.5. The summed E-state index contributed by atoms with van der Waals surface area (Å²) in [7, 11) is 3.30. The highest BCUT2D eigenvalue weighted by molar-refractivity contribution is 5.79. The maximum absolute atomic E-state index is 13.7. The molecule has 2 aromatic carbocycles. The Labute approximate surface area is 155 Å². The Bertz CT molecular complexity index is 729. The van der Waals surface area contributed by atoms with E-state index in [9.17, 15) is 4.39 Å². The Kier molecular flexibility index (Phi) is 7.16. The summed E-state index contributed by atoms with van der Waals surface area (Å²) in [4.78, 5) is 4.27. The van der Waals surface area contributed by atoms with Gasteiger partial charge in [-0.15, -0.1) is 0 Å². The molecule has 4 nitrogen and oxygen atoms in total. The Hall–Kier alpha value is -2.40. The lowest BCUT2D eigenvalue weighted by Gasteiger charge is -2.26. The molecule has 0 fully saturated rings. The van der Waals surface area contributed by atoms with E-state index < -0.39 is 0 Å². The van der Waals surface area contributed by atoms with E-state index in [4.69, 9.17) is 4.74 Å². The molecule has 0 aromatic heterocycles. The van der Waals surface area contributed by atoms with Crippen molar-refractivity contribution in [1.82, 2.24) is 10.6 Å². The van der Waals surface area contributed by atoms with Gasteiger partial charge in [-0.1, -0.05) is 50.2 Å². The number of hydrogen-bond donors (Lipinski definition) is 2. The topological polar surface area (TPSA) is 45.7 Å². The Morgan fingerprint density at radius 3 is 2.50 bits per heavy atom. The van der Waals surface area contributed by atoms with Crippen molar-refractivity contribution in [3.63, 3.8) is 0 Å². The van der Waals surface area contributed by atoms with Crippen LogP contribution in [0.2, 0.25) is 0 Å². The Morgan fingerprint density at radius 2 is 1.85 bits per heavy atom. The highest BCUT2D eigenvalue weighted by atomic mass is 19.1. The molecule has 0 radical (unpaired) electrons. The van der Waals surface area contributed by atoms with Crippen LogP contribution in [-0.4, -0.2) is 26.7 Å². The molecule has 0 aliphatic carbocycles. The van der Waals surface area contributed by atoms with Crippen molar-refractivity contribution in [2.45, 2.75) is 32.4 Å². The summed E-state index contributed by atoms with van der Waals surface area (Å²) in [6, 6.07) is 15.4. The van der Waals surface area contributed by atoms with E-state index in [0.717, 1.165) is 12.1 Å². The molecular formula is C21H28FN3O.